The molecule has 0 saturated heterocycles. The molecule has 0 aliphatic heterocycles. The molecule has 0 saturated carbocycles. The van der Waals surface area contributed by atoms with Gasteiger partial charge in [-0.1, -0.05) is 30.3 Å². The molecule has 0 heterocycles. The van der Waals surface area contributed by atoms with Gasteiger partial charge < -0.3 is 11.5 Å². The maximum absolute atomic E-state index is 5.68. The summed E-state index contributed by atoms with van der Waals surface area (Å²) in [5, 5.41) is 0. The highest BCUT2D eigenvalue weighted by molar-refractivity contribution is 5.97. The van der Waals surface area contributed by atoms with Gasteiger partial charge in [-0.25, -0.2) is 0 Å². The fraction of sp³-hybridized carbons (Fsp3) is 0.222. The molecule has 0 atom stereocenters. The normalized spacial score (nSPS) is 11.6. The molecule has 0 aliphatic carbocycles. The largest absolute Gasteiger partial charge is 0.384 e. The van der Waals surface area contributed by atoms with Gasteiger partial charge in [-0.3, -0.25) is 4.99 Å². The summed E-state index contributed by atoms with van der Waals surface area (Å²) in [5.74, 6) is 0.557. The Morgan fingerprint density at radius 2 is 1.92 bits per heavy atom. The first-order valence-electron chi connectivity index (χ1n) is 3.90. The Kier molecular flexibility index (Phi) is 3.29. The van der Waals surface area contributed by atoms with Crippen LogP contribution in [0.5, 0.6) is 0 Å². The van der Waals surface area contributed by atoms with Crippen LogP contribution in [-0.4, -0.2) is 18.9 Å². The van der Waals surface area contributed by atoms with Crippen molar-refractivity contribution in [2.24, 2.45) is 16.5 Å². The summed E-state index contributed by atoms with van der Waals surface area (Å²) in [6.45, 7) is 1.12. The van der Waals surface area contributed by atoms with E-state index in [4.69, 9.17) is 11.5 Å². The fourth-order valence-electron chi connectivity index (χ4n) is 0.885. The van der Waals surface area contributed by atoms with Crippen molar-refractivity contribution >= 4 is 5.84 Å². The molecule has 0 aliphatic rings. The summed E-state index contributed by atoms with van der Waals surface area (Å²) in [7, 11) is 0. The highest BCUT2D eigenvalue weighted by Gasteiger charge is 1.93. The Morgan fingerprint density at radius 3 is 2.50 bits per heavy atom. The van der Waals surface area contributed by atoms with E-state index >= 15 is 0 Å². The van der Waals surface area contributed by atoms with Crippen LogP contribution in [0.1, 0.15) is 5.56 Å². The number of amidine groups is 1. The minimum absolute atomic E-state index is 0.535. The third kappa shape index (κ3) is 2.36. The standard InChI is InChI=1S/C9H13N3/c10-6-7-12-9(11)8-4-2-1-3-5-8/h1-5H,6-7,10H2,(H2,11,12). The number of benzene rings is 1. The molecule has 0 unspecified atom stereocenters. The van der Waals surface area contributed by atoms with Crippen LogP contribution in [0, 0.1) is 0 Å². The Bertz CT molecular complexity index is 254. The molecule has 0 fully saturated rings. The zero-order valence-electron chi connectivity index (χ0n) is 6.90. The van der Waals surface area contributed by atoms with Crippen LogP contribution in [-0.2, 0) is 0 Å². The van der Waals surface area contributed by atoms with Gasteiger partial charge in [-0.15, -0.1) is 0 Å². The maximum Gasteiger partial charge on any atom is 0.125 e. The summed E-state index contributed by atoms with van der Waals surface area (Å²) in [4.78, 5) is 4.08. The van der Waals surface area contributed by atoms with Gasteiger partial charge >= 0.3 is 0 Å². The van der Waals surface area contributed by atoms with Gasteiger partial charge in [0.25, 0.3) is 0 Å². The van der Waals surface area contributed by atoms with E-state index in [0.717, 1.165) is 5.56 Å². The molecule has 64 valence electrons. The molecular weight excluding hydrogens is 150 g/mol. The second-order valence-electron chi connectivity index (χ2n) is 2.42. The molecule has 1 aromatic rings. The molecular formula is C9H13N3. The second kappa shape index (κ2) is 4.51. The van der Waals surface area contributed by atoms with E-state index in [1.165, 1.54) is 0 Å². The van der Waals surface area contributed by atoms with Crippen LogP contribution >= 0.6 is 0 Å². The van der Waals surface area contributed by atoms with Crippen molar-refractivity contribution in [2.75, 3.05) is 13.1 Å². The quantitative estimate of drug-likeness (QED) is 0.499. The van der Waals surface area contributed by atoms with Gasteiger partial charge in [0.15, 0.2) is 0 Å². The molecule has 0 bridgehead atoms. The van der Waals surface area contributed by atoms with E-state index in [0.29, 0.717) is 18.9 Å². The Morgan fingerprint density at radius 1 is 1.25 bits per heavy atom. The zero-order chi connectivity index (χ0) is 8.81. The Balaban J connectivity index is 2.71. The van der Waals surface area contributed by atoms with Gasteiger partial charge in [-0.2, -0.15) is 0 Å². The van der Waals surface area contributed by atoms with Crippen LogP contribution in [0.25, 0.3) is 0 Å². The monoisotopic (exact) mass is 163 g/mol. The first kappa shape index (κ1) is 8.74. The molecule has 0 aromatic heterocycles. The maximum atomic E-state index is 5.68. The number of nitrogens with two attached hydrogens (primary N) is 2. The Hall–Kier alpha value is -1.35. The zero-order valence-corrected chi connectivity index (χ0v) is 6.90. The average Bonchev–Trinajstić information content (AvgIpc) is 2.15. The van der Waals surface area contributed by atoms with Crippen molar-refractivity contribution in [2.45, 2.75) is 0 Å². The van der Waals surface area contributed by atoms with Crippen molar-refractivity contribution in [3.05, 3.63) is 35.9 Å². The topological polar surface area (TPSA) is 64.4 Å². The first-order chi connectivity index (χ1) is 5.84. The molecule has 0 amide bonds. The van der Waals surface area contributed by atoms with Gasteiger partial charge in [0.2, 0.25) is 0 Å². The van der Waals surface area contributed by atoms with Crippen molar-refractivity contribution in [3.63, 3.8) is 0 Å². The molecule has 1 aromatic carbocycles. The van der Waals surface area contributed by atoms with E-state index in [9.17, 15) is 0 Å². The Labute approximate surface area is 72.1 Å². The predicted molar refractivity (Wildman–Crippen MR) is 51.1 cm³/mol. The van der Waals surface area contributed by atoms with Crippen LogP contribution in [0.3, 0.4) is 0 Å². The van der Waals surface area contributed by atoms with Gasteiger partial charge in [-0.05, 0) is 0 Å². The number of hydrogen-bond donors (Lipinski definition) is 2. The summed E-state index contributed by atoms with van der Waals surface area (Å²) < 4.78 is 0. The smallest absolute Gasteiger partial charge is 0.125 e. The molecule has 0 spiro atoms. The summed E-state index contributed by atoms with van der Waals surface area (Å²) in [5.41, 5.74) is 11.9. The van der Waals surface area contributed by atoms with E-state index in [1.54, 1.807) is 0 Å². The van der Waals surface area contributed by atoms with Crippen LogP contribution < -0.4 is 11.5 Å². The van der Waals surface area contributed by atoms with E-state index in [1.807, 2.05) is 30.3 Å². The van der Waals surface area contributed by atoms with Gasteiger partial charge in [0, 0.05) is 12.1 Å². The number of rotatable bonds is 3. The fourth-order valence-corrected chi connectivity index (χ4v) is 0.885. The first-order valence-corrected chi connectivity index (χ1v) is 3.90. The third-order valence-electron chi connectivity index (χ3n) is 1.48. The lowest BCUT2D eigenvalue weighted by molar-refractivity contribution is 0.973. The highest BCUT2D eigenvalue weighted by atomic mass is 14.9. The summed E-state index contributed by atoms with van der Waals surface area (Å²) in [6, 6.07) is 9.66. The van der Waals surface area contributed by atoms with Crippen molar-refractivity contribution < 1.29 is 0 Å². The van der Waals surface area contributed by atoms with E-state index in [2.05, 4.69) is 4.99 Å². The third-order valence-corrected chi connectivity index (χ3v) is 1.48. The SMILES string of the molecule is NCCN=C(N)c1ccccc1. The molecule has 3 heteroatoms. The predicted octanol–water partition coefficient (Wildman–Crippen LogP) is 0.351. The molecule has 3 nitrogen and oxygen atoms in total. The minimum atomic E-state index is 0.535. The number of nitrogens with zero attached hydrogens (tertiary/aromatic N) is 1. The van der Waals surface area contributed by atoms with Crippen molar-refractivity contribution in [1.82, 2.24) is 0 Å². The second-order valence-corrected chi connectivity index (χ2v) is 2.42. The minimum Gasteiger partial charge on any atom is -0.384 e. The van der Waals surface area contributed by atoms with Crippen LogP contribution in [0.4, 0.5) is 0 Å². The lowest BCUT2D eigenvalue weighted by Gasteiger charge is -1.98. The van der Waals surface area contributed by atoms with Crippen molar-refractivity contribution in [3.8, 4) is 0 Å². The lowest BCUT2D eigenvalue weighted by atomic mass is 10.2. The molecule has 4 N–H and O–H groups in total. The molecule has 1 rings (SSSR count). The van der Waals surface area contributed by atoms with E-state index in [-0.39, 0.29) is 0 Å². The lowest BCUT2D eigenvalue weighted by Crippen LogP contribution is -2.15. The summed E-state index contributed by atoms with van der Waals surface area (Å²) >= 11 is 0. The van der Waals surface area contributed by atoms with Gasteiger partial charge in [0.1, 0.15) is 5.84 Å². The summed E-state index contributed by atoms with van der Waals surface area (Å²) in [6.07, 6.45) is 0. The highest BCUT2D eigenvalue weighted by Crippen LogP contribution is 1.96. The van der Waals surface area contributed by atoms with Crippen molar-refractivity contribution in [1.29, 1.82) is 0 Å². The average molecular weight is 163 g/mol. The van der Waals surface area contributed by atoms with Gasteiger partial charge in [0.05, 0.1) is 6.54 Å². The molecule has 0 radical (unpaired) electrons. The van der Waals surface area contributed by atoms with E-state index < -0.39 is 0 Å². The van der Waals surface area contributed by atoms with Crippen LogP contribution in [0.2, 0.25) is 0 Å². The molecule has 12 heavy (non-hydrogen) atoms. The number of aliphatic imine (C=N–C) groups is 1. The number of hydrogen-bond acceptors (Lipinski definition) is 2. The van der Waals surface area contributed by atoms with Crippen LogP contribution in [0.15, 0.2) is 35.3 Å².